The van der Waals surface area contributed by atoms with Gasteiger partial charge in [-0.3, -0.25) is 4.79 Å². The minimum Gasteiger partial charge on any atom is -0.366 e. The number of nitrogens with zero attached hydrogens (tertiary/aromatic N) is 3. The summed E-state index contributed by atoms with van der Waals surface area (Å²) in [6.45, 7) is 4.41. The highest BCUT2D eigenvalue weighted by atomic mass is 16.1. The van der Waals surface area contributed by atoms with Gasteiger partial charge in [-0.1, -0.05) is 0 Å². The number of nitrogens with two attached hydrogens (primary N) is 1. The lowest BCUT2D eigenvalue weighted by Crippen LogP contribution is -2.23. The standard InChI is InChI=1S/C14H18N4O/c15-14(19)11-3-4-13-12(9-11)16-10-18(13)8-7-17-5-1-2-6-17/h3-4,9-10H,1-2,5-8H2,(H2,15,19). The molecule has 5 heteroatoms. The van der Waals surface area contributed by atoms with Crippen molar-refractivity contribution in [3.05, 3.63) is 30.1 Å². The van der Waals surface area contributed by atoms with Crippen LogP contribution in [-0.4, -0.2) is 40.0 Å². The topological polar surface area (TPSA) is 64.2 Å². The Kier molecular flexibility index (Phi) is 3.21. The minimum atomic E-state index is -0.409. The molecule has 1 saturated heterocycles. The summed E-state index contributed by atoms with van der Waals surface area (Å²) in [4.78, 5) is 18.0. The van der Waals surface area contributed by atoms with Crippen LogP contribution in [0.4, 0.5) is 0 Å². The lowest BCUT2D eigenvalue weighted by molar-refractivity contribution is 0.100. The Balaban J connectivity index is 1.78. The van der Waals surface area contributed by atoms with E-state index >= 15 is 0 Å². The molecule has 3 rings (SSSR count). The molecule has 19 heavy (non-hydrogen) atoms. The third-order valence-corrected chi connectivity index (χ3v) is 3.76. The molecule has 1 fully saturated rings. The van der Waals surface area contributed by atoms with Crippen LogP contribution in [-0.2, 0) is 6.54 Å². The number of imidazole rings is 1. The van der Waals surface area contributed by atoms with Crippen LogP contribution in [0.5, 0.6) is 0 Å². The predicted molar refractivity (Wildman–Crippen MR) is 73.9 cm³/mol. The maximum absolute atomic E-state index is 11.1. The number of likely N-dealkylation sites (tertiary alicyclic amines) is 1. The Bertz CT molecular complexity index is 599. The van der Waals surface area contributed by atoms with E-state index < -0.39 is 5.91 Å². The van der Waals surface area contributed by atoms with Gasteiger partial charge < -0.3 is 15.2 Å². The van der Waals surface area contributed by atoms with Gasteiger partial charge in [0.1, 0.15) is 0 Å². The molecule has 1 aromatic carbocycles. The summed E-state index contributed by atoms with van der Waals surface area (Å²) in [6, 6.07) is 5.44. The highest BCUT2D eigenvalue weighted by molar-refractivity contribution is 5.96. The summed E-state index contributed by atoms with van der Waals surface area (Å²) < 4.78 is 2.14. The second-order valence-corrected chi connectivity index (χ2v) is 5.05. The minimum absolute atomic E-state index is 0.409. The van der Waals surface area contributed by atoms with Crippen molar-refractivity contribution in [2.75, 3.05) is 19.6 Å². The fourth-order valence-electron chi connectivity index (χ4n) is 2.65. The van der Waals surface area contributed by atoms with Gasteiger partial charge in [-0.15, -0.1) is 0 Å². The summed E-state index contributed by atoms with van der Waals surface area (Å²) in [7, 11) is 0. The molecule has 0 atom stereocenters. The molecule has 100 valence electrons. The number of fused-ring (bicyclic) bond motifs is 1. The molecule has 0 spiro atoms. The first kappa shape index (κ1) is 12.2. The Morgan fingerprint density at radius 1 is 1.26 bits per heavy atom. The van der Waals surface area contributed by atoms with E-state index in [4.69, 9.17) is 5.73 Å². The monoisotopic (exact) mass is 258 g/mol. The van der Waals surface area contributed by atoms with Crippen LogP contribution in [0.25, 0.3) is 11.0 Å². The van der Waals surface area contributed by atoms with Gasteiger partial charge in [0.15, 0.2) is 0 Å². The Morgan fingerprint density at radius 3 is 2.79 bits per heavy atom. The molecule has 2 aromatic rings. The first-order valence-electron chi connectivity index (χ1n) is 6.71. The molecule has 5 nitrogen and oxygen atoms in total. The molecule has 2 N–H and O–H groups in total. The molecule has 1 aliphatic rings. The Labute approximate surface area is 112 Å². The molecular formula is C14H18N4O. The Hall–Kier alpha value is -1.88. The largest absolute Gasteiger partial charge is 0.366 e. The molecule has 0 aliphatic carbocycles. The maximum atomic E-state index is 11.1. The summed E-state index contributed by atoms with van der Waals surface area (Å²) >= 11 is 0. The molecule has 2 heterocycles. The smallest absolute Gasteiger partial charge is 0.248 e. The first-order chi connectivity index (χ1) is 9.24. The lowest BCUT2D eigenvalue weighted by atomic mass is 10.2. The normalized spacial score (nSPS) is 16.2. The van der Waals surface area contributed by atoms with Crippen LogP contribution in [0.1, 0.15) is 23.2 Å². The molecule has 1 aromatic heterocycles. The summed E-state index contributed by atoms with van der Waals surface area (Å²) in [5, 5.41) is 0. The second-order valence-electron chi connectivity index (χ2n) is 5.05. The fourth-order valence-corrected chi connectivity index (χ4v) is 2.65. The molecule has 0 bridgehead atoms. The summed E-state index contributed by atoms with van der Waals surface area (Å²) in [5.74, 6) is -0.409. The highest BCUT2D eigenvalue weighted by Crippen LogP contribution is 2.15. The van der Waals surface area contributed by atoms with Crippen molar-refractivity contribution in [2.45, 2.75) is 19.4 Å². The van der Waals surface area contributed by atoms with E-state index in [-0.39, 0.29) is 0 Å². The van der Waals surface area contributed by atoms with Gasteiger partial charge in [-0.05, 0) is 44.1 Å². The number of rotatable bonds is 4. The number of carbonyl (C=O) groups excluding carboxylic acids is 1. The third-order valence-electron chi connectivity index (χ3n) is 3.76. The van der Waals surface area contributed by atoms with E-state index in [0.717, 1.165) is 24.1 Å². The van der Waals surface area contributed by atoms with Crippen molar-refractivity contribution in [2.24, 2.45) is 5.73 Å². The van der Waals surface area contributed by atoms with Gasteiger partial charge in [0.2, 0.25) is 5.91 Å². The second kappa shape index (κ2) is 5.01. The zero-order chi connectivity index (χ0) is 13.2. The van der Waals surface area contributed by atoms with Crippen LogP contribution in [0.15, 0.2) is 24.5 Å². The first-order valence-corrected chi connectivity index (χ1v) is 6.71. The van der Waals surface area contributed by atoms with Crippen LogP contribution in [0.2, 0.25) is 0 Å². The van der Waals surface area contributed by atoms with Gasteiger partial charge in [-0.2, -0.15) is 0 Å². The number of amides is 1. The van der Waals surface area contributed by atoms with E-state index in [1.54, 1.807) is 12.1 Å². The number of benzene rings is 1. The molecule has 1 amide bonds. The van der Waals surface area contributed by atoms with E-state index in [1.165, 1.54) is 25.9 Å². The van der Waals surface area contributed by atoms with Crippen molar-refractivity contribution >= 4 is 16.9 Å². The zero-order valence-corrected chi connectivity index (χ0v) is 10.9. The molecule has 0 unspecified atom stereocenters. The van der Waals surface area contributed by atoms with Crippen molar-refractivity contribution < 1.29 is 4.79 Å². The van der Waals surface area contributed by atoms with E-state index in [0.29, 0.717) is 5.56 Å². The number of hydrogen-bond donors (Lipinski definition) is 1. The third kappa shape index (κ3) is 2.46. The van der Waals surface area contributed by atoms with Gasteiger partial charge in [0.05, 0.1) is 17.4 Å². The van der Waals surface area contributed by atoms with E-state index in [2.05, 4.69) is 14.5 Å². The van der Waals surface area contributed by atoms with Gasteiger partial charge in [-0.25, -0.2) is 4.98 Å². The number of hydrogen-bond acceptors (Lipinski definition) is 3. The van der Waals surface area contributed by atoms with Crippen LogP contribution in [0.3, 0.4) is 0 Å². The molecule has 0 radical (unpaired) electrons. The van der Waals surface area contributed by atoms with Crippen molar-refractivity contribution in [3.63, 3.8) is 0 Å². The van der Waals surface area contributed by atoms with E-state index in [1.807, 2.05) is 12.4 Å². The number of aromatic nitrogens is 2. The quantitative estimate of drug-likeness (QED) is 0.897. The summed E-state index contributed by atoms with van der Waals surface area (Å²) in [5.41, 5.74) is 7.67. The predicted octanol–water partition coefficient (Wildman–Crippen LogP) is 1.23. The molecule has 1 aliphatic heterocycles. The average molecular weight is 258 g/mol. The van der Waals surface area contributed by atoms with E-state index in [9.17, 15) is 4.79 Å². The van der Waals surface area contributed by atoms with Gasteiger partial charge >= 0.3 is 0 Å². The van der Waals surface area contributed by atoms with Crippen molar-refractivity contribution in [3.8, 4) is 0 Å². The van der Waals surface area contributed by atoms with Gasteiger partial charge in [0.25, 0.3) is 0 Å². The SMILES string of the molecule is NC(=O)c1ccc2c(c1)ncn2CCN1CCCC1. The van der Waals surface area contributed by atoms with Gasteiger partial charge in [0, 0.05) is 18.7 Å². The summed E-state index contributed by atoms with van der Waals surface area (Å²) in [6.07, 6.45) is 4.46. The van der Waals surface area contributed by atoms with Crippen molar-refractivity contribution in [1.82, 2.24) is 14.5 Å². The zero-order valence-electron chi connectivity index (χ0n) is 10.9. The number of carbonyl (C=O) groups is 1. The molecule has 0 saturated carbocycles. The van der Waals surface area contributed by atoms with Crippen LogP contribution in [0, 0.1) is 0 Å². The number of primary amides is 1. The van der Waals surface area contributed by atoms with Crippen LogP contribution >= 0.6 is 0 Å². The average Bonchev–Trinajstić information content (AvgIpc) is 3.05. The highest BCUT2D eigenvalue weighted by Gasteiger charge is 2.12. The fraction of sp³-hybridized carbons (Fsp3) is 0.429. The Morgan fingerprint density at radius 2 is 2.05 bits per heavy atom. The maximum Gasteiger partial charge on any atom is 0.248 e. The van der Waals surface area contributed by atoms with Crippen LogP contribution < -0.4 is 5.73 Å². The lowest BCUT2D eigenvalue weighted by Gasteiger charge is -2.14. The molecular weight excluding hydrogens is 240 g/mol. The van der Waals surface area contributed by atoms with Crippen molar-refractivity contribution in [1.29, 1.82) is 0 Å².